The molecule has 2 amide bonds. The molecule has 0 aliphatic carbocycles. The third kappa shape index (κ3) is 5.43. The van der Waals surface area contributed by atoms with Crippen molar-refractivity contribution in [3.05, 3.63) is 36.9 Å². The lowest BCUT2D eigenvalue weighted by atomic mass is 9.99. The van der Waals surface area contributed by atoms with Gasteiger partial charge in [-0.1, -0.05) is 6.58 Å². The van der Waals surface area contributed by atoms with Crippen LogP contribution in [0.5, 0.6) is 0 Å². The summed E-state index contributed by atoms with van der Waals surface area (Å²) in [5.74, 6) is -0.456. The molecule has 0 spiro atoms. The summed E-state index contributed by atoms with van der Waals surface area (Å²) in [5.41, 5.74) is 0.565. The summed E-state index contributed by atoms with van der Waals surface area (Å²) in [6.07, 6.45) is 3.96. The average molecular weight is 422 g/mol. The van der Waals surface area contributed by atoms with Gasteiger partial charge in [0.25, 0.3) is 0 Å². The third-order valence-electron chi connectivity index (χ3n) is 5.27. The molecule has 0 aromatic heterocycles. The zero-order valence-corrected chi connectivity index (χ0v) is 17.1. The molecule has 1 aromatic rings. The van der Waals surface area contributed by atoms with Crippen LogP contribution in [-0.4, -0.2) is 56.9 Å². The quantitative estimate of drug-likeness (QED) is 0.678. The van der Waals surface area contributed by atoms with Crippen molar-refractivity contribution in [2.24, 2.45) is 5.92 Å². The van der Waals surface area contributed by atoms with E-state index in [-0.39, 0.29) is 35.2 Å². The molecule has 29 heavy (non-hydrogen) atoms. The van der Waals surface area contributed by atoms with E-state index >= 15 is 0 Å². The Morgan fingerprint density at radius 1 is 1.14 bits per heavy atom. The Morgan fingerprint density at radius 3 is 2.48 bits per heavy atom. The van der Waals surface area contributed by atoms with Crippen LogP contribution in [0.2, 0.25) is 0 Å². The number of amides is 2. The van der Waals surface area contributed by atoms with Crippen LogP contribution in [0.1, 0.15) is 25.7 Å². The highest BCUT2D eigenvalue weighted by Crippen LogP contribution is 2.23. The number of piperidine rings is 1. The molecule has 1 atom stereocenters. The van der Waals surface area contributed by atoms with E-state index < -0.39 is 10.0 Å². The van der Waals surface area contributed by atoms with Crippen molar-refractivity contribution in [1.29, 1.82) is 0 Å². The van der Waals surface area contributed by atoms with Gasteiger partial charge < -0.3 is 15.4 Å². The van der Waals surface area contributed by atoms with E-state index in [0.29, 0.717) is 44.7 Å². The van der Waals surface area contributed by atoms with Crippen molar-refractivity contribution in [3.63, 3.8) is 0 Å². The Kier molecular flexibility index (Phi) is 7.05. The fraction of sp³-hybridized carbons (Fsp3) is 0.500. The largest absolute Gasteiger partial charge is 0.381 e. The highest BCUT2D eigenvalue weighted by molar-refractivity contribution is 7.89. The first-order valence-electron chi connectivity index (χ1n) is 9.82. The number of hydrogen-bond acceptors (Lipinski definition) is 5. The first-order chi connectivity index (χ1) is 13.9. The van der Waals surface area contributed by atoms with Gasteiger partial charge in [-0.3, -0.25) is 9.59 Å². The van der Waals surface area contributed by atoms with Gasteiger partial charge in [-0.2, -0.15) is 4.31 Å². The van der Waals surface area contributed by atoms with Gasteiger partial charge in [0.1, 0.15) is 0 Å². The Hall–Kier alpha value is -2.23. The maximum Gasteiger partial charge on any atom is 0.243 e. The van der Waals surface area contributed by atoms with E-state index in [0.717, 1.165) is 6.42 Å². The maximum absolute atomic E-state index is 13.0. The molecule has 9 heteroatoms. The molecule has 0 unspecified atom stereocenters. The molecule has 0 bridgehead atoms. The number of nitrogens with one attached hydrogen (secondary N) is 2. The van der Waals surface area contributed by atoms with E-state index in [2.05, 4.69) is 17.2 Å². The van der Waals surface area contributed by atoms with Gasteiger partial charge in [0.05, 0.1) is 4.90 Å². The zero-order chi connectivity index (χ0) is 20.9. The summed E-state index contributed by atoms with van der Waals surface area (Å²) in [4.78, 5) is 24.0. The number of ether oxygens (including phenoxy) is 1. The van der Waals surface area contributed by atoms with Crippen molar-refractivity contribution in [2.75, 3.05) is 31.6 Å². The Labute approximate surface area is 171 Å². The predicted molar refractivity (Wildman–Crippen MR) is 109 cm³/mol. The number of nitrogens with zero attached hydrogens (tertiary/aromatic N) is 1. The van der Waals surface area contributed by atoms with Gasteiger partial charge in [0.2, 0.25) is 21.8 Å². The zero-order valence-electron chi connectivity index (χ0n) is 16.3. The van der Waals surface area contributed by atoms with Crippen LogP contribution in [0.15, 0.2) is 41.8 Å². The summed E-state index contributed by atoms with van der Waals surface area (Å²) in [5, 5.41) is 5.61. The fourth-order valence-corrected chi connectivity index (χ4v) is 5.13. The lowest BCUT2D eigenvalue weighted by molar-refractivity contribution is -0.122. The molecule has 2 fully saturated rings. The smallest absolute Gasteiger partial charge is 0.243 e. The van der Waals surface area contributed by atoms with E-state index in [4.69, 9.17) is 4.74 Å². The third-order valence-corrected chi connectivity index (χ3v) is 7.15. The van der Waals surface area contributed by atoms with Crippen LogP contribution in [0.3, 0.4) is 0 Å². The van der Waals surface area contributed by atoms with Crippen LogP contribution in [-0.2, 0) is 24.3 Å². The standard InChI is InChI=1S/C20H27N3O5S/c1-2-19(24)21-17-4-3-11-23(14-17)29(26,27)18-7-5-16(6-8-18)22-20(25)15-9-12-28-13-10-15/h2,5-8,15,17H,1,3-4,9-14H2,(H,21,24)(H,22,25)/t17-/m0/s1. The second-order valence-corrected chi connectivity index (χ2v) is 9.25. The SMILES string of the molecule is C=CC(=O)N[C@H]1CCCN(S(=O)(=O)c2ccc(NC(=O)C3CCOCC3)cc2)C1. The lowest BCUT2D eigenvalue weighted by Crippen LogP contribution is -2.49. The molecular weight excluding hydrogens is 394 g/mol. The molecule has 0 saturated carbocycles. The van der Waals surface area contributed by atoms with Crippen molar-refractivity contribution >= 4 is 27.5 Å². The second kappa shape index (κ2) is 9.51. The average Bonchev–Trinajstić information content (AvgIpc) is 2.75. The van der Waals surface area contributed by atoms with Gasteiger partial charge >= 0.3 is 0 Å². The van der Waals surface area contributed by atoms with Crippen LogP contribution in [0.4, 0.5) is 5.69 Å². The molecule has 0 radical (unpaired) electrons. The van der Waals surface area contributed by atoms with Crippen LogP contribution in [0.25, 0.3) is 0 Å². The van der Waals surface area contributed by atoms with Gasteiger partial charge in [0.15, 0.2) is 0 Å². The van der Waals surface area contributed by atoms with Crippen molar-refractivity contribution < 1.29 is 22.7 Å². The van der Waals surface area contributed by atoms with Gasteiger partial charge in [0, 0.05) is 44.0 Å². The predicted octanol–water partition coefficient (Wildman–Crippen LogP) is 1.51. The highest BCUT2D eigenvalue weighted by atomic mass is 32.2. The number of carbonyl (C=O) groups is 2. The maximum atomic E-state index is 13.0. The van der Waals surface area contributed by atoms with Crippen molar-refractivity contribution in [3.8, 4) is 0 Å². The molecule has 8 nitrogen and oxygen atoms in total. The summed E-state index contributed by atoms with van der Waals surface area (Å²) in [7, 11) is -3.68. The topological polar surface area (TPSA) is 105 Å². The Morgan fingerprint density at radius 2 is 1.83 bits per heavy atom. The van der Waals surface area contributed by atoms with Crippen LogP contribution < -0.4 is 10.6 Å². The number of benzene rings is 1. The van der Waals surface area contributed by atoms with Gasteiger partial charge in [-0.25, -0.2) is 8.42 Å². The molecule has 2 N–H and O–H groups in total. The lowest BCUT2D eigenvalue weighted by Gasteiger charge is -2.32. The Balaban J connectivity index is 1.63. The molecule has 158 valence electrons. The fourth-order valence-electron chi connectivity index (χ4n) is 3.60. The number of anilines is 1. The summed E-state index contributed by atoms with van der Waals surface area (Å²) < 4.78 is 32.6. The minimum Gasteiger partial charge on any atom is -0.381 e. The Bertz CT molecular complexity index is 847. The molecule has 2 saturated heterocycles. The van der Waals surface area contributed by atoms with E-state index in [1.807, 2.05) is 0 Å². The van der Waals surface area contributed by atoms with E-state index in [1.165, 1.54) is 22.5 Å². The number of hydrogen-bond donors (Lipinski definition) is 2. The van der Waals surface area contributed by atoms with E-state index in [9.17, 15) is 18.0 Å². The summed E-state index contributed by atoms with van der Waals surface area (Å²) >= 11 is 0. The normalized spacial score (nSPS) is 21.3. The number of sulfonamides is 1. The van der Waals surface area contributed by atoms with Crippen molar-refractivity contribution in [1.82, 2.24) is 9.62 Å². The van der Waals surface area contributed by atoms with Gasteiger partial charge in [-0.05, 0) is 56.0 Å². The molecule has 1 aromatic carbocycles. The second-order valence-electron chi connectivity index (χ2n) is 7.32. The summed E-state index contributed by atoms with van der Waals surface area (Å²) in [6, 6.07) is 5.97. The molecule has 2 aliphatic heterocycles. The monoisotopic (exact) mass is 421 g/mol. The first-order valence-corrected chi connectivity index (χ1v) is 11.3. The minimum absolute atomic E-state index is 0.0688. The molecule has 2 heterocycles. The van der Waals surface area contributed by atoms with E-state index in [1.54, 1.807) is 12.1 Å². The molecule has 2 aliphatic rings. The molecule has 3 rings (SSSR count). The number of rotatable bonds is 6. The number of carbonyl (C=O) groups excluding carboxylic acids is 2. The van der Waals surface area contributed by atoms with Gasteiger partial charge in [-0.15, -0.1) is 0 Å². The van der Waals surface area contributed by atoms with Crippen LogP contribution in [0, 0.1) is 5.92 Å². The summed E-state index contributed by atoms with van der Waals surface area (Å²) in [6.45, 7) is 5.22. The minimum atomic E-state index is -3.68. The first kappa shape index (κ1) is 21.5. The molecular formula is C20H27N3O5S. The highest BCUT2D eigenvalue weighted by Gasteiger charge is 2.30. The van der Waals surface area contributed by atoms with Crippen LogP contribution >= 0.6 is 0 Å². The van der Waals surface area contributed by atoms with Crippen molar-refractivity contribution in [2.45, 2.75) is 36.6 Å².